The lowest BCUT2D eigenvalue weighted by Crippen LogP contribution is -2.19. The van der Waals surface area contributed by atoms with Crippen LogP contribution < -0.4 is 0 Å². The molecule has 2 unspecified atom stereocenters. The van der Waals surface area contributed by atoms with Crippen molar-refractivity contribution in [2.75, 3.05) is 6.61 Å². The van der Waals surface area contributed by atoms with Crippen LogP contribution in [0.3, 0.4) is 0 Å². The Kier molecular flexibility index (Phi) is 7.05. The molecule has 0 radical (unpaired) electrons. The summed E-state index contributed by atoms with van der Waals surface area (Å²) in [5.74, 6) is -0.110. The number of aliphatic hydroxyl groups is 1. The average Bonchev–Trinajstić information content (AvgIpc) is 2.13. The molecule has 0 aromatic heterocycles. The smallest absolute Gasteiger partial charge is 0.302 e. The second-order valence-corrected chi connectivity index (χ2v) is 4.19. The molecule has 0 bridgehead atoms. The van der Waals surface area contributed by atoms with E-state index in [-0.39, 0.29) is 18.0 Å². The summed E-state index contributed by atoms with van der Waals surface area (Å²) in [5.41, 5.74) is 1.21. The fraction of sp³-hybridized carbons (Fsp3) is 0.750. The first-order valence-electron chi connectivity index (χ1n) is 5.38. The molecule has 0 aromatic rings. The number of hydrogen-bond acceptors (Lipinski definition) is 3. The molecule has 0 saturated carbocycles. The van der Waals surface area contributed by atoms with Crippen LogP contribution in [0.4, 0.5) is 0 Å². The molecule has 0 saturated heterocycles. The fourth-order valence-electron chi connectivity index (χ4n) is 1.17. The summed E-state index contributed by atoms with van der Waals surface area (Å²) in [5, 5.41) is 9.75. The second kappa shape index (κ2) is 7.46. The molecule has 88 valence electrons. The third-order valence-corrected chi connectivity index (χ3v) is 2.30. The summed E-state index contributed by atoms with van der Waals surface area (Å²) >= 11 is 0. The van der Waals surface area contributed by atoms with Gasteiger partial charge in [-0.05, 0) is 32.6 Å². The summed E-state index contributed by atoms with van der Waals surface area (Å²) in [7, 11) is 0. The molecule has 0 heterocycles. The van der Waals surface area contributed by atoms with Crippen LogP contribution in [-0.2, 0) is 9.53 Å². The van der Waals surface area contributed by atoms with E-state index in [1.54, 1.807) is 0 Å². The van der Waals surface area contributed by atoms with Crippen molar-refractivity contribution in [2.45, 2.75) is 46.6 Å². The average molecular weight is 214 g/mol. The van der Waals surface area contributed by atoms with Gasteiger partial charge in [-0.2, -0.15) is 0 Å². The van der Waals surface area contributed by atoms with Gasteiger partial charge in [-0.1, -0.05) is 18.6 Å². The molecular weight excluding hydrogens is 192 g/mol. The number of ether oxygens (including phenoxy) is 1. The Hall–Kier alpha value is -0.830. The number of esters is 1. The maximum Gasteiger partial charge on any atom is 0.302 e. The van der Waals surface area contributed by atoms with E-state index in [0.29, 0.717) is 19.4 Å². The van der Waals surface area contributed by atoms with Crippen LogP contribution in [0.25, 0.3) is 0 Å². The first-order valence-corrected chi connectivity index (χ1v) is 5.38. The number of allylic oxidation sites excluding steroid dienone is 1. The van der Waals surface area contributed by atoms with Crippen molar-refractivity contribution in [1.82, 2.24) is 0 Å². The molecule has 0 aliphatic heterocycles. The highest BCUT2D eigenvalue weighted by Gasteiger charge is 2.12. The zero-order chi connectivity index (χ0) is 11.8. The summed E-state index contributed by atoms with van der Waals surface area (Å²) in [4.78, 5) is 10.5. The Bertz CT molecular complexity index is 217. The van der Waals surface area contributed by atoms with Crippen molar-refractivity contribution in [3.05, 3.63) is 11.6 Å². The van der Waals surface area contributed by atoms with Crippen molar-refractivity contribution in [2.24, 2.45) is 5.92 Å². The Morgan fingerprint density at radius 3 is 2.47 bits per heavy atom. The largest absolute Gasteiger partial charge is 0.466 e. The van der Waals surface area contributed by atoms with Crippen molar-refractivity contribution < 1.29 is 14.6 Å². The summed E-state index contributed by atoms with van der Waals surface area (Å²) in [6.07, 6.45) is 3.05. The van der Waals surface area contributed by atoms with Gasteiger partial charge in [0.1, 0.15) is 0 Å². The second-order valence-electron chi connectivity index (χ2n) is 4.19. The third kappa shape index (κ3) is 8.18. The van der Waals surface area contributed by atoms with Crippen molar-refractivity contribution in [3.8, 4) is 0 Å². The predicted molar refractivity (Wildman–Crippen MR) is 60.5 cm³/mol. The van der Waals surface area contributed by atoms with Crippen LogP contribution in [-0.4, -0.2) is 23.8 Å². The minimum absolute atomic E-state index is 0.153. The fourth-order valence-corrected chi connectivity index (χ4v) is 1.17. The van der Waals surface area contributed by atoms with E-state index in [4.69, 9.17) is 4.74 Å². The number of hydrogen-bond donors (Lipinski definition) is 1. The monoisotopic (exact) mass is 214 g/mol. The highest BCUT2D eigenvalue weighted by molar-refractivity contribution is 5.65. The number of carbonyl (C=O) groups excluding carboxylic acids is 1. The molecule has 0 aliphatic carbocycles. The Balaban J connectivity index is 3.73. The van der Waals surface area contributed by atoms with Crippen molar-refractivity contribution in [3.63, 3.8) is 0 Å². The third-order valence-electron chi connectivity index (χ3n) is 2.30. The maximum absolute atomic E-state index is 10.5. The highest BCUT2D eigenvalue weighted by atomic mass is 16.5. The number of carbonyl (C=O) groups is 1. The molecule has 3 nitrogen and oxygen atoms in total. The molecule has 0 spiro atoms. The van der Waals surface area contributed by atoms with Gasteiger partial charge in [-0.3, -0.25) is 4.79 Å². The van der Waals surface area contributed by atoms with Crippen molar-refractivity contribution >= 4 is 5.97 Å². The minimum Gasteiger partial charge on any atom is -0.466 e. The van der Waals surface area contributed by atoms with E-state index in [2.05, 4.69) is 0 Å². The molecule has 0 aromatic carbocycles. The van der Waals surface area contributed by atoms with Crippen LogP contribution in [0.5, 0.6) is 0 Å². The first-order chi connectivity index (χ1) is 6.93. The molecule has 15 heavy (non-hydrogen) atoms. The van der Waals surface area contributed by atoms with Gasteiger partial charge >= 0.3 is 5.97 Å². The van der Waals surface area contributed by atoms with Gasteiger partial charge in [-0.25, -0.2) is 0 Å². The summed E-state index contributed by atoms with van der Waals surface area (Å²) in [6.45, 7) is 7.77. The van der Waals surface area contributed by atoms with E-state index in [9.17, 15) is 9.90 Å². The zero-order valence-electron chi connectivity index (χ0n) is 10.1. The van der Waals surface area contributed by atoms with Gasteiger partial charge in [0.2, 0.25) is 0 Å². The van der Waals surface area contributed by atoms with E-state index >= 15 is 0 Å². The van der Waals surface area contributed by atoms with E-state index in [0.717, 1.165) is 0 Å². The van der Waals surface area contributed by atoms with Gasteiger partial charge in [0, 0.05) is 6.92 Å². The Morgan fingerprint density at radius 1 is 1.40 bits per heavy atom. The Morgan fingerprint density at radius 2 is 2.00 bits per heavy atom. The molecular formula is C12H22O3. The van der Waals surface area contributed by atoms with E-state index in [1.807, 2.05) is 26.8 Å². The van der Waals surface area contributed by atoms with Crippen LogP contribution in [0.1, 0.15) is 40.5 Å². The van der Waals surface area contributed by atoms with E-state index < -0.39 is 0 Å². The molecule has 3 heteroatoms. The van der Waals surface area contributed by atoms with Gasteiger partial charge in [0.15, 0.2) is 0 Å². The van der Waals surface area contributed by atoms with Crippen LogP contribution in [0, 0.1) is 5.92 Å². The number of aliphatic hydroxyl groups excluding tert-OH is 1. The van der Waals surface area contributed by atoms with Gasteiger partial charge < -0.3 is 9.84 Å². The molecule has 0 fully saturated rings. The van der Waals surface area contributed by atoms with Gasteiger partial charge in [0.25, 0.3) is 0 Å². The van der Waals surface area contributed by atoms with Crippen LogP contribution >= 0.6 is 0 Å². The van der Waals surface area contributed by atoms with Crippen molar-refractivity contribution in [1.29, 1.82) is 0 Å². The minimum atomic E-state index is -0.351. The standard InChI is InChI=1S/C12H22O3/c1-9(2)5-6-12(14)10(3)7-8-15-11(4)13/h5,10,12,14H,6-8H2,1-4H3. The van der Waals surface area contributed by atoms with Crippen LogP contribution in [0.2, 0.25) is 0 Å². The summed E-state index contributed by atoms with van der Waals surface area (Å²) < 4.78 is 4.82. The van der Waals surface area contributed by atoms with Crippen LogP contribution in [0.15, 0.2) is 11.6 Å². The normalized spacial score (nSPS) is 14.2. The topological polar surface area (TPSA) is 46.5 Å². The summed E-state index contributed by atoms with van der Waals surface area (Å²) in [6, 6.07) is 0. The predicted octanol–water partition coefficient (Wildman–Crippen LogP) is 2.29. The molecule has 1 N–H and O–H groups in total. The quantitative estimate of drug-likeness (QED) is 0.545. The molecule has 0 rings (SSSR count). The van der Waals surface area contributed by atoms with Gasteiger partial charge in [-0.15, -0.1) is 0 Å². The molecule has 2 atom stereocenters. The highest BCUT2D eigenvalue weighted by Crippen LogP contribution is 2.13. The zero-order valence-corrected chi connectivity index (χ0v) is 10.1. The lowest BCUT2D eigenvalue weighted by molar-refractivity contribution is -0.141. The first kappa shape index (κ1) is 14.2. The SMILES string of the molecule is CC(=O)OCCC(C)C(O)CC=C(C)C. The maximum atomic E-state index is 10.5. The lowest BCUT2D eigenvalue weighted by atomic mass is 9.98. The van der Waals surface area contributed by atoms with Gasteiger partial charge in [0.05, 0.1) is 12.7 Å². The molecule has 0 amide bonds. The number of rotatable bonds is 6. The van der Waals surface area contributed by atoms with E-state index in [1.165, 1.54) is 12.5 Å². The Labute approximate surface area is 92.1 Å². The lowest BCUT2D eigenvalue weighted by Gasteiger charge is -2.17. The molecule has 0 aliphatic rings.